The topological polar surface area (TPSA) is 43.4 Å². The number of ketones is 1. The Kier molecular flexibility index (Phi) is 4.96. The SMILES string of the molecule is COC(=O)c1cc(Cl)ccc1CC(=O)CBr. The van der Waals surface area contributed by atoms with Crippen molar-refractivity contribution in [2.24, 2.45) is 0 Å². The number of benzene rings is 1. The summed E-state index contributed by atoms with van der Waals surface area (Å²) in [7, 11) is 1.29. The normalized spacial score (nSPS) is 9.94. The third-order valence-electron chi connectivity index (χ3n) is 2.01. The molecule has 3 nitrogen and oxygen atoms in total. The van der Waals surface area contributed by atoms with Gasteiger partial charge in [0.1, 0.15) is 5.78 Å². The Morgan fingerprint density at radius 1 is 1.44 bits per heavy atom. The Labute approximate surface area is 107 Å². The molecule has 0 saturated carbocycles. The Morgan fingerprint density at radius 3 is 2.69 bits per heavy atom. The van der Waals surface area contributed by atoms with Crippen LogP contribution in [0.15, 0.2) is 18.2 Å². The van der Waals surface area contributed by atoms with Gasteiger partial charge in [0.25, 0.3) is 0 Å². The summed E-state index contributed by atoms with van der Waals surface area (Å²) in [5.41, 5.74) is 0.963. The highest BCUT2D eigenvalue weighted by atomic mass is 79.9. The number of halogens is 2. The zero-order valence-electron chi connectivity index (χ0n) is 8.63. The summed E-state index contributed by atoms with van der Waals surface area (Å²) in [6, 6.07) is 4.81. The molecule has 0 saturated heterocycles. The zero-order chi connectivity index (χ0) is 12.1. The highest BCUT2D eigenvalue weighted by Gasteiger charge is 2.14. The summed E-state index contributed by atoms with van der Waals surface area (Å²) >= 11 is 8.86. The smallest absolute Gasteiger partial charge is 0.338 e. The molecule has 1 rings (SSSR count). The number of hydrogen-bond donors (Lipinski definition) is 0. The van der Waals surface area contributed by atoms with E-state index in [-0.39, 0.29) is 17.5 Å². The van der Waals surface area contributed by atoms with E-state index in [4.69, 9.17) is 11.6 Å². The summed E-state index contributed by atoms with van der Waals surface area (Å²) in [6.07, 6.45) is 0.187. The summed E-state index contributed by atoms with van der Waals surface area (Å²) in [4.78, 5) is 22.7. The minimum Gasteiger partial charge on any atom is -0.465 e. The number of carbonyl (C=O) groups excluding carboxylic acids is 2. The van der Waals surface area contributed by atoms with Crippen molar-refractivity contribution >= 4 is 39.3 Å². The summed E-state index contributed by atoms with van der Waals surface area (Å²) in [5.74, 6) is -0.493. The number of methoxy groups -OCH3 is 1. The molecule has 0 unspecified atom stereocenters. The van der Waals surface area contributed by atoms with Crippen molar-refractivity contribution in [3.8, 4) is 0 Å². The molecule has 0 aliphatic rings. The fourth-order valence-corrected chi connectivity index (χ4v) is 1.63. The van der Waals surface area contributed by atoms with E-state index in [2.05, 4.69) is 20.7 Å². The minimum atomic E-state index is -0.486. The van der Waals surface area contributed by atoms with Crippen molar-refractivity contribution in [1.82, 2.24) is 0 Å². The van der Waals surface area contributed by atoms with Crippen LogP contribution in [0.25, 0.3) is 0 Å². The van der Waals surface area contributed by atoms with Crippen LogP contribution in [0.2, 0.25) is 5.02 Å². The second kappa shape index (κ2) is 6.01. The van der Waals surface area contributed by atoms with Crippen molar-refractivity contribution in [1.29, 1.82) is 0 Å². The second-order valence-corrected chi connectivity index (χ2v) is 4.14. The van der Waals surface area contributed by atoms with Crippen molar-refractivity contribution in [3.05, 3.63) is 34.3 Å². The number of Topliss-reactive ketones (excluding diaryl/α,β-unsaturated/α-hetero) is 1. The van der Waals surface area contributed by atoms with Crippen LogP contribution in [-0.2, 0) is 16.0 Å². The fourth-order valence-electron chi connectivity index (χ4n) is 1.26. The van der Waals surface area contributed by atoms with Crippen LogP contribution in [-0.4, -0.2) is 24.2 Å². The van der Waals surface area contributed by atoms with Gasteiger partial charge in [-0.2, -0.15) is 0 Å². The minimum absolute atomic E-state index is 0.00697. The summed E-state index contributed by atoms with van der Waals surface area (Å²) in [5, 5.41) is 0.700. The highest BCUT2D eigenvalue weighted by Crippen LogP contribution is 2.18. The van der Waals surface area contributed by atoms with Gasteiger partial charge in [-0.05, 0) is 17.7 Å². The van der Waals surface area contributed by atoms with Gasteiger partial charge in [-0.1, -0.05) is 33.6 Å². The van der Waals surface area contributed by atoms with Crippen LogP contribution in [0.1, 0.15) is 15.9 Å². The number of rotatable bonds is 4. The molecule has 16 heavy (non-hydrogen) atoms. The monoisotopic (exact) mass is 304 g/mol. The standard InChI is InChI=1S/C11H10BrClO3/c1-16-11(15)10-5-8(13)3-2-7(10)4-9(14)6-12/h2-3,5H,4,6H2,1H3. The maximum Gasteiger partial charge on any atom is 0.338 e. The molecular weight excluding hydrogens is 295 g/mol. The molecule has 86 valence electrons. The van der Waals surface area contributed by atoms with E-state index < -0.39 is 5.97 Å². The van der Waals surface area contributed by atoms with E-state index in [0.717, 1.165) is 0 Å². The molecule has 0 N–H and O–H groups in total. The Morgan fingerprint density at radius 2 is 2.12 bits per heavy atom. The van der Waals surface area contributed by atoms with Gasteiger partial charge in [0, 0.05) is 11.4 Å². The van der Waals surface area contributed by atoms with Gasteiger partial charge in [-0.25, -0.2) is 4.79 Å². The molecule has 1 aromatic carbocycles. The molecule has 0 radical (unpaired) electrons. The molecule has 0 aliphatic carbocycles. The van der Waals surface area contributed by atoms with Crippen molar-refractivity contribution in [2.75, 3.05) is 12.4 Å². The second-order valence-electron chi connectivity index (χ2n) is 3.14. The third kappa shape index (κ3) is 3.32. The van der Waals surface area contributed by atoms with Crippen LogP contribution in [0.4, 0.5) is 0 Å². The van der Waals surface area contributed by atoms with Gasteiger partial charge >= 0.3 is 5.97 Å². The first-order valence-corrected chi connectivity index (χ1v) is 6.02. The van der Waals surface area contributed by atoms with Crippen molar-refractivity contribution < 1.29 is 14.3 Å². The van der Waals surface area contributed by atoms with Crippen LogP contribution >= 0.6 is 27.5 Å². The lowest BCUT2D eigenvalue weighted by molar-refractivity contribution is -0.115. The predicted octanol–water partition coefficient (Wildman–Crippen LogP) is 2.63. The molecule has 0 atom stereocenters. The van der Waals surface area contributed by atoms with E-state index >= 15 is 0 Å². The van der Waals surface area contributed by atoms with E-state index in [1.807, 2.05) is 0 Å². The van der Waals surface area contributed by atoms with Gasteiger partial charge in [0.15, 0.2) is 0 Å². The molecule has 0 bridgehead atoms. The first kappa shape index (κ1) is 13.2. The molecule has 5 heteroatoms. The fraction of sp³-hybridized carbons (Fsp3) is 0.273. The summed E-state index contributed by atoms with van der Waals surface area (Å²) < 4.78 is 4.63. The average molecular weight is 306 g/mol. The van der Waals surface area contributed by atoms with Gasteiger partial charge in [-0.15, -0.1) is 0 Å². The summed E-state index contributed by atoms with van der Waals surface area (Å²) in [6.45, 7) is 0. The van der Waals surface area contributed by atoms with E-state index in [9.17, 15) is 9.59 Å². The number of carbonyl (C=O) groups is 2. The number of esters is 1. The van der Waals surface area contributed by atoms with Crippen LogP contribution in [0.3, 0.4) is 0 Å². The largest absolute Gasteiger partial charge is 0.465 e. The lowest BCUT2D eigenvalue weighted by atomic mass is 10.0. The highest BCUT2D eigenvalue weighted by molar-refractivity contribution is 9.09. The zero-order valence-corrected chi connectivity index (χ0v) is 11.0. The number of ether oxygens (including phenoxy) is 1. The van der Waals surface area contributed by atoms with Crippen molar-refractivity contribution in [3.63, 3.8) is 0 Å². The van der Waals surface area contributed by atoms with E-state index in [0.29, 0.717) is 16.1 Å². The Bertz CT molecular complexity index is 418. The molecule has 0 heterocycles. The number of hydrogen-bond acceptors (Lipinski definition) is 3. The lowest BCUT2D eigenvalue weighted by Gasteiger charge is -2.07. The molecular formula is C11H10BrClO3. The van der Waals surface area contributed by atoms with Crippen LogP contribution in [0.5, 0.6) is 0 Å². The van der Waals surface area contributed by atoms with Gasteiger partial charge in [0.2, 0.25) is 0 Å². The first-order chi connectivity index (χ1) is 7.58. The van der Waals surface area contributed by atoms with Crippen LogP contribution in [0, 0.1) is 0 Å². The maximum absolute atomic E-state index is 11.5. The lowest BCUT2D eigenvalue weighted by Crippen LogP contribution is -2.10. The van der Waals surface area contributed by atoms with Gasteiger partial charge in [-0.3, -0.25) is 4.79 Å². The Hall–Kier alpha value is -0.870. The Balaban J connectivity index is 3.07. The molecule has 0 amide bonds. The van der Waals surface area contributed by atoms with Gasteiger partial charge in [0.05, 0.1) is 18.0 Å². The molecule has 0 aliphatic heterocycles. The predicted molar refractivity (Wildman–Crippen MR) is 65.3 cm³/mol. The third-order valence-corrected chi connectivity index (χ3v) is 2.87. The molecule has 0 aromatic heterocycles. The van der Waals surface area contributed by atoms with Gasteiger partial charge < -0.3 is 4.74 Å². The van der Waals surface area contributed by atoms with E-state index in [1.54, 1.807) is 12.1 Å². The van der Waals surface area contributed by atoms with Crippen molar-refractivity contribution in [2.45, 2.75) is 6.42 Å². The maximum atomic E-state index is 11.5. The van der Waals surface area contributed by atoms with Crippen LogP contribution < -0.4 is 0 Å². The first-order valence-electron chi connectivity index (χ1n) is 4.53. The molecule has 0 fully saturated rings. The molecule has 1 aromatic rings. The quantitative estimate of drug-likeness (QED) is 0.634. The average Bonchev–Trinajstić information content (AvgIpc) is 2.30. The van der Waals surface area contributed by atoms with E-state index in [1.165, 1.54) is 13.2 Å². The number of alkyl halides is 1. The molecule has 0 spiro atoms.